The zero-order chi connectivity index (χ0) is 39.8. The summed E-state index contributed by atoms with van der Waals surface area (Å²) < 4.78 is 90.7. The van der Waals surface area contributed by atoms with E-state index in [1.54, 1.807) is 31.9 Å². The maximum atomic E-state index is 17.1. The number of carbonyl (C=O) groups is 1. The van der Waals surface area contributed by atoms with E-state index in [2.05, 4.69) is 20.2 Å². The predicted octanol–water partition coefficient (Wildman–Crippen LogP) is 6.43. The van der Waals surface area contributed by atoms with Crippen molar-refractivity contribution < 1.29 is 31.3 Å². The minimum Gasteiger partial charge on any atom is -0.444 e. The van der Waals surface area contributed by atoms with Gasteiger partial charge < -0.3 is 14.4 Å². The average molecular weight is 697 g/mol. The zero-order valence-corrected chi connectivity index (χ0v) is 28.4. The maximum absolute atomic E-state index is 17.1. The van der Waals surface area contributed by atoms with Crippen molar-refractivity contribution in [3.63, 3.8) is 0 Å². The monoisotopic (exact) mass is 696 g/mol. The van der Waals surface area contributed by atoms with Gasteiger partial charge in [0, 0.05) is 81.6 Å². The number of carbonyl (C=O) groups excluding carboxylic acids is 1. The van der Waals surface area contributed by atoms with Crippen molar-refractivity contribution in [2.75, 3.05) is 42.9 Å². The first-order valence-electron chi connectivity index (χ1n) is 19.1. The Labute approximate surface area is 296 Å². The molecule has 4 aromatic rings. The first kappa shape index (κ1) is 26.8. The van der Waals surface area contributed by atoms with Crippen LogP contribution in [0.5, 0.6) is 0 Å². The van der Waals surface area contributed by atoms with Crippen LogP contribution in [0.1, 0.15) is 72.7 Å². The third-order valence-corrected chi connectivity index (χ3v) is 10.6. The van der Waals surface area contributed by atoms with Crippen LogP contribution in [-0.2, 0) is 22.7 Å². The van der Waals surface area contributed by atoms with Crippen molar-refractivity contribution in [2.24, 2.45) is 0 Å². The standard InChI is InChI=1S/C35H40F2N8O3S/c1-18(2)43-9-11-44(12-10-43)25-7-8-45(19(25)3)33-40-14-21-22-16-47-17-23(22)26(28(37)29(21)41-33)30-27-20(13-38)32(42-34(46)48-35(4,5)6)49-31(27)24(36)15-39-30/h14-15,18-19,25H,7-12,16-17H2,1-6H3,(H,42,46)/t19-,25-/m0/s1/i1D3,2D3. The quantitative estimate of drug-likeness (QED) is 0.250. The number of thiophene rings is 1. The van der Waals surface area contributed by atoms with E-state index >= 15 is 8.78 Å². The van der Waals surface area contributed by atoms with Crippen molar-refractivity contribution in [3.8, 4) is 17.3 Å². The van der Waals surface area contributed by atoms with Crippen molar-refractivity contribution in [2.45, 2.75) is 84.8 Å². The molecule has 3 aliphatic heterocycles. The number of aromatic nitrogens is 3. The van der Waals surface area contributed by atoms with E-state index in [4.69, 9.17) is 22.7 Å². The van der Waals surface area contributed by atoms with Crippen LogP contribution in [0.3, 0.4) is 0 Å². The molecule has 1 aromatic carbocycles. The van der Waals surface area contributed by atoms with Gasteiger partial charge in [-0.15, -0.1) is 11.3 Å². The van der Waals surface area contributed by atoms with Gasteiger partial charge in [-0.2, -0.15) is 5.26 Å². The second-order valence-corrected chi connectivity index (χ2v) is 14.6. The number of benzene rings is 1. The van der Waals surface area contributed by atoms with E-state index in [0.717, 1.165) is 24.0 Å². The summed E-state index contributed by atoms with van der Waals surface area (Å²) in [5, 5.41) is 13.3. The number of piperazine rings is 1. The molecule has 2 atom stereocenters. The Bertz CT molecular complexity index is 2200. The molecule has 0 aliphatic carbocycles. The molecule has 258 valence electrons. The van der Waals surface area contributed by atoms with Gasteiger partial charge in [0.25, 0.3) is 0 Å². The van der Waals surface area contributed by atoms with Gasteiger partial charge in [-0.1, -0.05) is 0 Å². The fourth-order valence-electron chi connectivity index (χ4n) is 7.16. The lowest BCUT2D eigenvalue weighted by atomic mass is 9.94. The highest BCUT2D eigenvalue weighted by Crippen LogP contribution is 2.46. The van der Waals surface area contributed by atoms with Crippen molar-refractivity contribution in [1.82, 2.24) is 24.8 Å². The number of pyridine rings is 1. The number of nitrogens with zero attached hydrogens (tertiary/aromatic N) is 7. The van der Waals surface area contributed by atoms with E-state index in [1.165, 1.54) is 0 Å². The van der Waals surface area contributed by atoms with Crippen LogP contribution in [0.2, 0.25) is 0 Å². The molecule has 2 fully saturated rings. The van der Waals surface area contributed by atoms with E-state index in [0.29, 0.717) is 55.2 Å². The van der Waals surface area contributed by atoms with Crippen LogP contribution in [0.15, 0.2) is 12.4 Å². The number of fused-ring (bicyclic) bond motifs is 4. The molecule has 14 heteroatoms. The normalized spacial score (nSPS) is 22.7. The number of nitriles is 1. The van der Waals surface area contributed by atoms with E-state index < -0.39 is 43.1 Å². The third-order valence-electron chi connectivity index (χ3n) is 9.47. The number of anilines is 2. The van der Waals surface area contributed by atoms with Crippen LogP contribution in [0.25, 0.3) is 32.2 Å². The Morgan fingerprint density at radius 3 is 2.63 bits per heavy atom. The van der Waals surface area contributed by atoms with Gasteiger partial charge in [0.1, 0.15) is 22.2 Å². The summed E-state index contributed by atoms with van der Waals surface area (Å²) in [4.78, 5) is 32.1. The number of halogens is 2. The highest BCUT2D eigenvalue weighted by Gasteiger charge is 2.38. The summed E-state index contributed by atoms with van der Waals surface area (Å²) in [6.07, 6.45) is 2.42. The van der Waals surface area contributed by atoms with Crippen LogP contribution in [0, 0.1) is 23.0 Å². The first-order chi connectivity index (χ1) is 25.8. The number of nitrogens with one attached hydrogen (secondary N) is 1. The Kier molecular flexibility index (Phi) is 6.94. The lowest BCUT2D eigenvalue weighted by Crippen LogP contribution is -2.54. The topological polar surface area (TPSA) is 120 Å². The average Bonchev–Trinajstić information content (AvgIpc) is 3.81. The minimum absolute atomic E-state index is 0.00764. The molecule has 3 aromatic heterocycles. The number of rotatable bonds is 5. The molecule has 0 radical (unpaired) electrons. The summed E-state index contributed by atoms with van der Waals surface area (Å²) >= 11 is 0.824. The predicted molar refractivity (Wildman–Crippen MR) is 185 cm³/mol. The van der Waals surface area contributed by atoms with Crippen molar-refractivity contribution in [3.05, 3.63) is 40.7 Å². The molecule has 0 spiro atoms. The molecule has 2 saturated heterocycles. The Balaban J connectivity index is 1.22. The summed E-state index contributed by atoms with van der Waals surface area (Å²) in [6, 6.07) is 0.405. The van der Waals surface area contributed by atoms with Gasteiger partial charge in [0.05, 0.1) is 35.4 Å². The fraction of sp³-hybridized carbons (Fsp3) is 0.514. The summed E-state index contributed by atoms with van der Waals surface area (Å²) in [6.45, 7) is 4.04. The maximum Gasteiger partial charge on any atom is 0.412 e. The van der Waals surface area contributed by atoms with Crippen LogP contribution < -0.4 is 10.2 Å². The lowest BCUT2D eigenvalue weighted by Gasteiger charge is -2.41. The van der Waals surface area contributed by atoms with E-state index in [1.807, 2.05) is 17.9 Å². The molecule has 49 heavy (non-hydrogen) atoms. The second kappa shape index (κ2) is 12.7. The number of amides is 1. The van der Waals surface area contributed by atoms with E-state index in [-0.39, 0.29) is 62.7 Å². The van der Waals surface area contributed by atoms with Gasteiger partial charge >= 0.3 is 6.09 Å². The molecule has 7 rings (SSSR count). The second-order valence-electron chi connectivity index (χ2n) is 13.5. The lowest BCUT2D eigenvalue weighted by molar-refractivity contribution is 0.0636. The summed E-state index contributed by atoms with van der Waals surface area (Å²) in [5.74, 6) is -1.19. The highest BCUT2D eigenvalue weighted by atomic mass is 32.1. The summed E-state index contributed by atoms with van der Waals surface area (Å²) in [7, 11) is 0. The van der Waals surface area contributed by atoms with Gasteiger partial charge in [0.15, 0.2) is 11.6 Å². The zero-order valence-electron chi connectivity index (χ0n) is 33.6. The van der Waals surface area contributed by atoms with Crippen molar-refractivity contribution >= 4 is 49.4 Å². The molecule has 1 amide bonds. The molecule has 0 saturated carbocycles. The van der Waals surface area contributed by atoms with Crippen LogP contribution in [0.4, 0.5) is 24.5 Å². The van der Waals surface area contributed by atoms with Crippen LogP contribution >= 0.6 is 11.3 Å². The SMILES string of the molecule is [2H]C([2H])([2H])C(N1CCN([C@H]2CCN(c3ncc4c5c(c(-c6ncc(F)c7sc(NC(=O)OC(C)(C)C)c(C#N)c67)c(F)c4n3)COC5)[C@H]2C)CC1)C([2H])([2H])[2H]. The third kappa shape index (κ3) is 5.96. The Morgan fingerprint density at radius 1 is 1.16 bits per heavy atom. The molecule has 11 nitrogen and oxygen atoms in total. The molecule has 3 aliphatic rings. The molecule has 1 N–H and O–H groups in total. The molecular formula is C35H40F2N8O3S. The molecule has 0 bridgehead atoms. The highest BCUT2D eigenvalue weighted by molar-refractivity contribution is 7.23. The Morgan fingerprint density at radius 2 is 1.92 bits per heavy atom. The molecular weight excluding hydrogens is 651 g/mol. The summed E-state index contributed by atoms with van der Waals surface area (Å²) in [5.41, 5.74) is 0.242. The number of hydrogen-bond donors (Lipinski definition) is 1. The van der Waals surface area contributed by atoms with Crippen molar-refractivity contribution in [1.29, 1.82) is 5.26 Å². The van der Waals surface area contributed by atoms with Gasteiger partial charge in [-0.3, -0.25) is 20.1 Å². The molecule has 0 unspecified atom stereocenters. The van der Waals surface area contributed by atoms with Crippen LogP contribution in [-0.4, -0.2) is 87.3 Å². The largest absolute Gasteiger partial charge is 0.444 e. The first-order valence-corrected chi connectivity index (χ1v) is 16.9. The minimum atomic E-state index is -2.65. The van der Waals surface area contributed by atoms with Gasteiger partial charge in [-0.05, 0) is 58.9 Å². The molecule has 6 heterocycles. The number of hydrogen-bond acceptors (Lipinski definition) is 11. The smallest absolute Gasteiger partial charge is 0.412 e. The van der Waals surface area contributed by atoms with Gasteiger partial charge in [-0.25, -0.2) is 23.5 Å². The number of ether oxygens (including phenoxy) is 2. The Hall–Kier alpha value is -4.03. The fourth-order valence-corrected chi connectivity index (χ4v) is 8.20. The van der Waals surface area contributed by atoms with E-state index in [9.17, 15) is 10.1 Å². The van der Waals surface area contributed by atoms with Gasteiger partial charge in [0.2, 0.25) is 5.95 Å².